The van der Waals surface area contributed by atoms with Crippen molar-refractivity contribution in [3.63, 3.8) is 0 Å². The van der Waals surface area contributed by atoms with Gasteiger partial charge in [-0.25, -0.2) is 8.42 Å². The van der Waals surface area contributed by atoms with Crippen molar-refractivity contribution >= 4 is 38.5 Å². The fourth-order valence-corrected chi connectivity index (χ4v) is 4.43. The Morgan fingerprint density at radius 2 is 1.93 bits per heavy atom. The molecule has 0 spiro atoms. The standard InChI is InChI=1S/C19H17N3O5S/c23-18-12-22(9-8-20-18)28(25,26)15-6-3-5-14(11-15)21-19(24)17-10-13-4-1-2-7-16(13)27-17/h1-7,10-11H,8-9,12H2,(H,20,23)(H,21,24). The first kappa shape index (κ1) is 18.2. The molecule has 0 saturated carbocycles. The maximum atomic E-state index is 12.8. The van der Waals surface area contributed by atoms with Crippen LogP contribution < -0.4 is 10.6 Å². The van der Waals surface area contributed by atoms with E-state index in [1.807, 2.05) is 18.2 Å². The maximum absolute atomic E-state index is 12.8. The normalized spacial score (nSPS) is 15.4. The lowest BCUT2D eigenvalue weighted by Gasteiger charge is -2.26. The fourth-order valence-electron chi connectivity index (χ4n) is 2.99. The molecule has 144 valence electrons. The molecule has 1 aromatic heterocycles. The second-order valence-electron chi connectivity index (χ2n) is 6.32. The molecule has 9 heteroatoms. The Balaban J connectivity index is 1.56. The lowest BCUT2D eigenvalue weighted by molar-refractivity contribution is -0.122. The number of anilines is 1. The van der Waals surface area contributed by atoms with Crippen molar-refractivity contribution in [2.75, 3.05) is 25.0 Å². The van der Waals surface area contributed by atoms with Gasteiger partial charge in [0.25, 0.3) is 5.91 Å². The Labute approximate surface area is 161 Å². The SMILES string of the molecule is O=C1CN(S(=O)(=O)c2cccc(NC(=O)c3cc4ccccc4o3)c2)CCN1. The summed E-state index contributed by atoms with van der Waals surface area (Å²) in [6, 6.07) is 14.8. The number of hydrogen-bond donors (Lipinski definition) is 2. The van der Waals surface area contributed by atoms with Crippen LogP contribution in [0.2, 0.25) is 0 Å². The molecule has 4 rings (SSSR count). The number of nitrogens with zero attached hydrogens (tertiary/aromatic N) is 1. The summed E-state index contributed by atoms with van der Waals surface area (Å²) >= 11 is 0. The molecule has 8 nitrogen and oxygen atoms in total. The Kier molecular flexibility index (Phi) is 4.62. The van der Waals surface area contributed by atoms with Crippen molar-refractivity contribution in [3.05, 3.63) is 60.4 Å². The summed E-state index contributed by atoms with van der Waals surface area (Å²) in [7, 11) is -3.84. The summed E-state index contributed by atoms with van der Waals surface area (Å²) < 4.78 is 32.2. The van der Waals surface area contributed by atoms with Gasteiger partial charge in [0.05, 0.1) is 11.4 Å². The van der Waals surface area contributed by atoms with Crippen molar-refractivity contribution in [2.45, 2.75) is 4.90 Å². The predicted molar refractivity (Wildman–Crippen MR) is 102 cm³/mol. The number of para-hydroxylation sites is 1. The van der Waals surface area contributed by atoms with Crippen LogP contribution in [0, 0.1) is 0 Å². The van der Waals surface area contributed by atoms with E-state index < -0.39 is 15.9 Å². The van der Waals surface area contributed by atoms with Gasteiger partial charge in [0.2, 0.25) is 15.9 Å². The summed E-state index contributed by atoms with van der Waals surface area (Å²) in [5, 5.41) is 6.04. The van der Waals surface area contributed by atoms with Crippen molar-refractivity contribution in [1.82, 2.24) is 9.62 Å². The van der Waals surface area contributed by atoms with E-state index >= 15 is 0 Å². The van der Waals surface area contributed by atoms with Crippen LogP contribution in [-0.4, -0.2) is 44.2 Å². The van der Waals surface area contributed by atoms with E-state index in [2.05, 4.69) is 10.6 Å². The maximum Gasteiger partial charge on any atom is 0.291 e. The summed E-state index contributed by atoms with van der Waals surface area (Å²) in [6.07, 6.45) is 0. The molecule has 0 bridgehead atoms. The molecular formula is C19H17N3O5S. The average molecular weight is 399 g/mol. The van der Waals surface area contributed by atoms with Gasteiger partial charge in [0, 0.05) is 24.2 Å². The number of benzene rings is 2. The number of nitrogens with one attached hydrogen (secondary N) is 2. The monoisotopic (exact) mass is 399 g/mol. The smallest absolute Gasteiger partial charge is 0.291 e. The highest BCUT2D eigenvalue weighted by Gasteiger charge is 2.29. The molecule has 1 aliphatic heterocycles. The number of rotatable bonds is 4. The van der Waals surface area contributed by atoms with Crippen LogP contribution >= 0.6 is 0 Å². The Morgan fingerprint density at radius 1 is 1.11 bits per heavy atom. The van der Waals surface area contributed by atoms with Gasteiger partial charge < -0.3 is 15.1 Å². The summed E-state index contributed by atoms with van der Waals surface area (Å²) in [4.78, 5) is 24.0. The van der Waals surface area contributed by atoms with Crippen LogP contribution in [-0.2, 0) is 14.8 Å². The largest absolute Gasteiger partial charge is 0.451 e. The topological polar surface area (TPSA) is 109 Å². The number of furan rings is 1. The minimum absolute atomic E-state index is 0.00426. The van der Waals surface area contributed by atoms with E-state index in [9.17, 15) is 18.0 Å². The van der Waals surface area contributed by atoms with Gasteiger partial charge in [-0.3, -0.25) is 9.59 Å². The molecule has 1 fully saturated rings. The van der Waals surface area contributed by atoms with Crippen LogP contribution in [0.5, 0.6) is 0 Å². The van der Waals surface area contributed by atoms with E-state index in [-0.39, 0.29) is 36.2 Å². The van der Waals surface area contributed by atoms with Gasteiger partial charge in [-0.05, 0) is 30.3 Å². The van der Waals surface area contributed by atoms with E-state index in [0.717, 1.165) is 9.69 Å². The van der Waals surface area contributed by atoms with E-state index in [0.29, 0.717) is 11.3 Å². The third-order valence-electron chi connectivity index (χ3n) is 4.38. The van der Waals surface area contributed by atoms with E-state index in [4.69, 9.17) is 4.42 Å². The molecule has 28 heavy (non-hydrogen) atoms. The number of amides is 2. The van der Waals surface area contributed by atoms with Crippen molar-refractivity contribution in [3.8, 4) is 0 Å². The zero-order valence-electron chi connectivity index (χ0n) is 14.7. The number of carbonyl (C=O) groups is 2. The molecule has 2 amide bonds. The number of fused-ring (bicyclic) bond motifs is 1. The summed E-state index contributed by atoms with van der Waals surface area (Å²) in [5.41, 5.74) is 0.903. The van der Waals surface area contributed by atoms with Gasteiger partial charge in [0.1, 0.15) is 5.58 Å². The minimum Gasteiger partial charge on any atom is -0.451 e. The van der Waals surface area contributed by atoms with E-state index in [1.165, 1.54) is 18.2 Å². The first-order chi connectivity index (χ1) is 13.4. The lowest BCUT2D eigenvalue weighted by atomic mass is 10.2. The molecule has 3 aromatic rings. The van der Waals surface area contributed by atoms with Crippen LogP contribution in [0.4, 0.5) is 5.69 Å². The summed E-state index contributed by atoms with van der Waals surface area (Å²) in [6.45, 7) is 0.238. The molecule has 0 aliphatic carbocycles. The quantitative estimate of drug-likeness (QED) is 0.695. The third-order valence-corrected chi connectivity index (χ3v) is 6.22. The van der Waals surface area contributed by atoms with Crippen LogP contribution in [0.25, 0.3) is 11.0 Å². The minimum atomic E-state index is -3.84. The van der Waals surface area contributed by atoms with Crippen LogP contribution in [0.15, 0.2) is 63.9 Å². The molecule has 2 N–H and O–H groups in total. The van der Waals surface area contributed by atoms with Gasteiger partial charge in [-0.1, -0.05) is 24.3 Å². The number of piperazine rings is 1. The molecule has 2 aromatic carbocycles. The lowest BCUT2D eigenvalue weighted by Crippen LogP contribution is -2.49. The van der Waals surface area contributed by atoms with Gasteiger partial charge in [0.15, 0.2) is 5.76 Å². The zero-order valence-corrected chi connectivity index (χ0v) is 15.5. The van der Waals surface area contributed by atoms with Gasteiger partial charge >= 0.3 is 0 Å². The second-order valence-corrected chi connectivity index (χ2v) is 8.26. The van der Waals surface area contributed by atoms with Crippen LogP contribution in [0.1, 0.15) is 10.6 Å². The molecule has 1 aliphatic rings. The number of sulfonamides is 1. The van der Waals surface area contributed by atoms with Gasteiger partial charge in [-0.15, -0.1) is 0 Å². The van der Waals surface area contributed by atoms with Gasteiger partial charge in [-0.2, -0.15) is 4.31 Å². The highest BCUT2D eigenvalue weighted by molar-refractivity contribution is 7.89. The summed E-state index contributed by atoms with van der Waals surface area (Å²) in [5.74, 6) is -0.700. The molecule has 1 saturated heterocycles. The average Bonchev–Trinajstić information content (AvgIpc) is 3.13. The van der Waals surface area contributed by atoms with Crippen molar-refractivity contribution in [1.29, 1.82) is 0 Å². The van der Waals surface area contributed by atoms with E-state index in [1.54, 1.807) is 18.2 Å². The zero-order chi connectivity index (χ0) is 19.7. The van der Waals surface area contributed by atoms with Crippen molar-refractivity contribution in [2.24, 2.45) is 0 Å². The number of carbonyl (C=O) groups excluding carboxylic acids is 2. The second kappa shape index (κ2) is 7.10. The first-order valence-corrected chi connectivity index (χ1v) is 10.0. The highest BCUT2D eigenvalue weighted by Crippen LogP contribution is 2.22. The molecule has 0 atom stereocenters. The van der Waals surface area contributed by atoms with Crippen LogP contribution in [0.3, 0.4) is 0 Å². The fraction of sp³-hybridized carbons (Fsp3) is 0.158. The first-order valence-electron chi connectivity index (χ1n) is 8.60. The number of hydrogen-bond acceptors (Lipinski definition) is 5. The molecular weight excluding hydrogens is 382 g/mol. The highest BCUT2D eigenvalue weighted by atomic mass is 32.2. The Morgan fingerprint density at radius 3 is 2.71 bits per heavy atom. The predicted octanol–water partition coefficient (Wildman–Crippen LogP) is 1.81. The Bertz CT molecular complexity index is 1140. The third kappa shape index (κ3) is 3.49. The Hall–Kier alpha value is -3.17. The van der Waals surface area contributed by atoms with Crippen molar-refractivity contribution < 1.29 is 22.4 Å². The molecule has 0 unspecified atom stereocenters. The molecule has 2 heterocycles. The molecule has 0 radical (unpaired) electrons.